The number of guanidine groups is 1. The first kappa shape index (κ1) is 19.8. The van der Waals surface area contributed by atoms with E-state index in [1.165, 1.54) is 4.90 Å². The average molecular weight is 336 g/mol. The highest BCUT2D eigenvalue weighted by Gasteiger charge is 2.05. The summed E-state index contributed by atoms with van der Waals surface area (Å²) in [5.41, 5.74) is 1.01. The zero-order valence-electron chi connectivity index (χ0n) is 15.0. The lowest BCUT2D eigenvalue weighted by Crippen LogP contribution is -2.38. The van der Waals surface area contributed by atoms with Crippen LogP contribution in [0.4, 0.5) is 0 Å². The Morgan fingerprint density at radius 3 is 2.75 bits per heavy atom. The van der Waals surface area contributed by atoms with Crippen molar-refractivity contribution >= 4 is 11.9 Å². The van der Waals surface area contributed by atoms with Gasteiger partial charge in [-0.05, 0) is 24.6 Å². The van der Waals surface area contributed by atoms with Crippen LogP contribution in [0.3, 0.4) is 0 Å². The number of nitrogens with zero attached hydrogens (tertiary/aromatic N) is 2. The summed E-state index contributed by atoms with van der Waals surface area (Å²) < 4.78 is 10.5. The van der Waals surface area contributed by atoms with Gasteiger partial charge in [-0.2, -0.15) is 0 Å². The van der Waals surface area contributed by atoms with Crippen LogP contribution < -0.4 is 15.4 Å². The van der Waals surface area contributed by atoms with E-state index in [2.05, 4.69) is 15.6 Å². The summed E-state index contributed by atoms with van der Waals surface area (Å²) in [5, 5.41) is 6.37. The van der Waals surface area contributed by atoms with E-state index in [-0.39, 0.29) is 12.5 Å². The van der Waals surface area contributed by atoms with E-state index in [0.29, 0.717) is 25.4 Å². The Morgan fingerprint density at radius 2 is 2.08 bits per heavy atom. The number of carbonyl (C=O) groups excluding carboxylic acids is 1. The van der Waals surface area contributed by atoms with Crippen molar-refractivity contribution in [2.24, 2.45) is 4.99 Å². The van der Waals surface area contributed by atoms with E-state index in [1.54, 1.807) is 21.2 Å². The van der Waals surface area contributed by atoms with E-state index in [4.69, 9.17) is 9.47 Å². The van der Waals surface area contributed by atoms with Crippen molar-refractivity contribution in [1.29, 1.82) is 0 Å². The predicted octanol–water partition coefficient (Wildman–Crippen LogP) is 0.855. The molecule has 0 aromatic heterocycles. The highest BCUT2D eigenvalue weighted by atomic mass is 16.5. The largest absolute Gasteiger partial charge is 0.484 e. The molecule has 24 heavy (non-hydrogen) atoms. The summed E-state index contributed by atoms with van der Waals surface area (Å²) in [4.78, 5) is 17.6. The average Bonchev–Trinajstić information content (AvgIpc) is 2.58. The smallest absolute Gasteiger partial charge is 0.259 e. The van der Waals surface area contributed by atoms with Gasteiger partial charge in [0.15, 0.2) is 12.6 Å². The number of benzene rings is 1. The number of rotatable bonds is 9. The Morgan fingerprint density at radius 1 is 1.29 bits per heavy atom. The number of hydrogen-bond donors (Lipinski definition) is 2. The van der Waals surface area contributed by atoms with Crippen molar-refractivity contribution in [3.63, 3.8) is 0 Å². The van der Waals surface area contributed by atoms with Gasteiger partial charge in [-0.1, -0.05) is 12.1 Å². The summed E-state index contributed by atoms with van der Waals surface area (Å²) in [5.74, 6) is 1.33. The van der Waals surface area contributed by atoms with Gasteiger partial charge < -0.3 is 25.0 Å². The molecule has 1 rings (SSSR count). The fourth-order valence-electron chi connectivity index (χ4n) is 1.79. The summed E-state index contributed by atoms with van der Waals surface area (Å²) in [6, 6.07) is 7.60. The van der Waals surface area contributed by atoms with Crippen LogP contribution in [0.25, 0.3) is 0 Å². The molecule has 0 aliphatic rings. The second kappa shape index (κ2) is 11.3. The summed E-state index contributed by atoms with van der Waals surface area (Å²) in [7, 11) is 5.07. The summed E-state index contributed by atoms with van der Waals surface area (Å²) in [6.45, 7) is 4.66. The van der Waals surface area contributed by atoms with Crippen molar-refractivity contribution in [3.8, 4) is 5.75 Å². The topological polar surface area (TPSA) is 75.2 Å². The van der Waals surface area contributed by atoms with E-state index in [0.717, 1.165) is 18.1 Å². The third kappa shape index (κ3) is 7.82. The molecule has 0 bridgehead atoms. The highest BCUT2D eigenvalue weighted by Crippen LogP contribution is 2.14. The minimum atomic E-state index is -0.0739. The van der Waals surface area contributed by atoms with Gasteiger partial charge in [0.1, 0.15) is 5.75 Å². The minimum Gasteiger partial charge on any atom is -0.484 e. The molecule has 2 N–H and O–H groups in total. The first-order valence-corrected chi connectivity index (χ1v) is 7.99. The number of amides is 1. The maximum absolute atomic E-state index is 11.6. The molecule has 7 heteroatoms. The Labute approximate surface area is 144 Å². The lowest BCUT2D eigenvalue weighted by Gasteiger charge is -2.12. The molecule has 1 aromatic rings. The molecular formula is C17H28N4O3. The number of likely N-dealkylation sites (N-methyl/N-ethyl adjacent to an activating group) is 1. The van der Waals surface area contributed by atoms with E-state index >= 15 is 0 Å². The molecule has 0 fully saturated rings. The van der Waals surface area contributed by atoms with E-state index < -0.39 is 0 Å². The highest BCUT2D eigenvalue weighted by molar-refractivity contribution is 5.79. The molecule has 0 aliphatic carbocycles. The molecule has 0 unspecified atom stereocenters. The van der Waals surface area contributed by atoms with Crippen molar-refractivity contribution in [2.45, 2.75) is 13.5 Å². The number of carbonyl (C=O) groups is 1. The third-order valence-corrected chi connectivity index (χ3v) is 3.12. The van der Waals surface area contributed by atoms with Crippen molar-refractivity contribution in [3.05, 3.63) is 29.8 Å². The quantitative estimate of drug-likeness (QED) is 0.397. The molecule has 134 valence electrons. The molecule has 0 saturated carbocycles. The van der Waals surface area contributed by atoms with Gasteiger partial charge in [0.2, 0.25) is 0 Å². The Kier molecular flexibility index (Phi) is 9.29. The maximum atomic E-state index is 11.6. The van der Waals surface area contributed by atoms with Gasteiger partial charge >= 0.3 is 0 Å². The fourth-order valence-corrected chi connectivity index (χ4v) is 1.79. The first-order valence-electron chi connectivity index (χ1n) is 7.99. The Hall–Kier alpha value is -2.28. The summed E-state index contributed by atoms with van der Waals surface area (Å²) in [6.07, 6.45) is 0. The van der Waals surface area contributed by atoms with Crippen molar-refractivity contribution in [1.82, 2.24) is 15.5 Å². The normalized spacial score (nSPS) is 11.1. The number of methoxy groups -OCH3 is 1. The standard InChI is InChI=1S/C17H28N4O3/c1-5-18-17(19-9-10-23-4)20-12-14-7-6-8-15(11-14)24-13-16(22)21(2)3/h6-8,11H,5,9-10,12-13H2,1-4H3,(H2,18,19,20). The number of aliphatic imine (C=N–C) groups is 1. The molecular weight excluding hydrogens is 308 g/mol. The lowest BCUT2D eigenvalue weighted by molar-refractivity contribution is -0.130. The molecule has 0 aliphatic heterocycles. The second-order valence-corrected chi connectivity index (χ2v) is 5.34. The third-order valence-electron chi connectivity index (χ3n) is 3.12. The SMILES string of the molecule is CCNC(=NCc1cccc(OCC(=O)N(C)C)c1)NCCOC. The van der Waals surface area contributed by atoms with Crippen LogP contribution in [-0.4, -0.2) is 64.3 Å². The zero-order chi connectivity index (χ0) is 17.8. The van der Waals surface area contributed by atoms with Gasteiger partial charge in [-0.3, -0.25) is 4.79 Å². The molecule has 0 heterocycles. The van der Waals surface area contributed by atoms with Crippen LogP contribution >= 0.6 is 0 Å². The molecule has 0 atom stereocenters. The minimum absolute atomic E-state index is 0.0287. The summed E-state index contributed by atoms with van der Waals surface area (Å²) >= 11 is 0. The van der Waals surface area contributed by atoms with Crippen molar-refractivity contribution in [2.75, 3.05) is 47.5 Å². The molecule has 0 spiro atoms. The number of nitrogens with one attached hydrogen (secondary N) is 2. The van der Waals surface area contributed by atoms with Gasteiger partial charge in [-0.15, -0.1) is 0 Å². The van der Waals surface area contributed by atoms with Crippen LogP contribution in [0.15, 0.2) is 29.3 Å². The van der Waals surface area contributed by atoms with Crippen molar-refractivity contribution < 1.29 is 14.3 Å². The first-order chi connectivity index (χ1) is 11.6. The van der Waals surface area contributed by atoms with Gasteiger partial charge in [0.25, 0.3) is 5.91 Å². The molecule has 1 aromatic carbocycles. The maximum Gasteiger partial charge on any atom is 0.259 e. The van der Waals surface area contributed by atoms with Crippen LogP contribution in [-0.2, 0) is 16.1 Å². The molecule has 7 nitrogen and oxygen atoms in total. The van der Waals surface area contributed by atoms with Gasteiger partial charge in [0, 0.05) is 34.3 Å². The van der Waals surface area contributed by atoms with Gasteiger partial charge in [-0.25, -0.2) is 4.99 Å². The molecule has 0 saturated heterocycles. The Bertz CT molecular complexity index is 532. The second-order valence-electron chi connectivity index (χ2n) is 5.34. The predicted molar refractivity (Wildman–Crippen MR) is 95.3 cm³/mol. The van der Waals surface area contributed by atoms with Crippen LogP contribution in [0, 0.1) is 0 Å². The van der Waals surface area contributed by atoms with Crippen LogP contribution in [0.1, 0.15) is 12.5 Å². The van der Waals surface area contributed by atoms with Crippen LogP contribution in [0.5, 0.6) is 5.75 Å². The monoisotopic (exact) mass is 336 g/mol. The van der Waals surface area contributed by atoms with Crippen LogP contribution in [0.2, 0.25) is 0 Å². The molecule has 0 radical (unpaired) electrons. The zero-order valence-corrected chi connectivity index (χ0v) is 15.0. The van der Waals surface area contributed by atoms with E-state index in [9.17, 15) is 4.79 Å². The van der Waals surface area contributed by atoms with E-state index in [1.807, 2.05) is 31.2 Å². The molecule has 1 amide bonds. The van der Waals surface area contributed by atoms with Gasteiger partial charge in [0.05, 0.1) is 13.2 Å². The Balaban J connectivity index is 2.60. The fraction of sp³-hybridized carbons (Fsp3) is 0.529. The lowest BCUT2D eigenvalue weighted by atomic mass is 10.2. The number of hydrogen-bond acceptors (Lipinski definition) is 4. The number of ether oxygens (including phenoxy) is 2.